The van der Waals surface area contributed by atoms with Gasteiger partial charge >= 0.3 is 18.3 Å². The highest BCUT2D eigenvalue weighted by Gasteiger charge is 2.38. The van der Waals surface area contributed by atoms with Crippen molar-refractivity contribution in [1.82, 2.24) is 0 Å². The molecule has 1 amide bonds. The summed E-state index contributed by atoms with van der Waals surface area (Å²) in [7, 11) is 0. The van der Waals surface area contributed by atoms with Crippen molar-refractivity contribution >= 4 is 39.0 Å². The molecule has 0 spiro atoms. The monoisotopic (exact) mass is 571 g/mol. The van der Waals surface area contributed by atoms with E-state index in [-0.39, 0.29) is 49.7 Å². The van der Waals surface area contributed by atoms with Gasteiger partial charge in [-0.15, -0.1) is 11.3 Å². The maximum absolute atomic E-state index is 13.7. The number of benzene rings is 2. The fraction of sp³-hybridized carbons (Fsp3) is 0.429. The second-order valence-corrected chi connectivity index (χ2v) is 11.3. The fourth-order valence-electron chi connectivity index (χ4n) is 5.15. The Bertz CT molecular complexity index is 1370. The topological polar surface area (TPSA) is 57.6 Å². The van der Waals surface area contributed by atoms with Crippen molar-refractivity contribution in [3.8, 4) is 11.1 Å². The van der Waals surface area contributed by atoms with Crippen LogP contribution in [0, 0.1) is 11.8 Å². The standard InChI is InChI=1S/C28H27F6NO3S/c1-14(2)35(25(36)16-9-7-15(3)8-10-16)22-21-6-4-5-20(23(21)39-24(22)26(37)38)17-11-18(27(29,30)31)13-19(12-17)28(32,33)34/h4-6,11-16H,7-10H2,1-3H3,(H,37,38). The van der Waals surface area contributed by atoms with Gasteiger partial charge in [-0.05, 0) is 74.8 Å². The molecule has 1 aromatic heterocycles. The summed E-state index contributed by atoms with van der Waals surface area (Å²) in [5.41, 5.74) is -3.15. The van der Waals surface area contributed by atoms with Gasteiger partial charge in [0.25, 0.3) is 0 Å². The molecule has 0 bridgehead atoms. The van der Waals surface area contributed by atoms with Gasteiger partial charge in [0, 0.05) is 22.0 Å². The smallest absolute Gasteiger partial charge is 0.416 e. The van der Waals surface area contributed by atoms with Crippen LogP contribution in [0.25, 0.3) is 21.2 Å². The molecule has 1 fully saturated rings. The van der Waals surface area contributed by atoms with Crippen LogP contribution >= 0.6 is 11.3 Å². The number of carboxylic acids is 1. The number of anilines is 1. The molecule has 1 N–H and O–H groups in total. The number of amides is 1. The van der Waals surface area contributed by atoms with Crippen molar-refractivity contribution in [2.45, 2.75) is 64.8 Å². The molecule has 2 aromatic carbocycles. The lowest BCUT2D eigenvalue weighted by Crippen LogP contribution is -2.42. The fourth-order valence-corrected chi connectivity index (χ4v) is 6.32. The number of rotatable bonds is 5. The van der Waals surface area contributed by atoms with Crippen LogP contribution in [0.4, 0.5) is 32.0 Å². The lowest BCUT2D eigenvalue weighted by atomic mass is 9.82. The first-order valence-corrected chi connectivity index (χ1v) is 13.3. The van der Waals surface area contributed by atoms with Gasteiger partial charge in [0.15, 0.2) is 0 Å². The normalized spacial score (nSPS) is 18.5. The van der Waals surface area contributed by atoms with Crippen molar-refractivity contribution in [2.24, 2.45) is 11.8 Å². The summed E-state index contributed by atoms with van der Waals surface area (Å²) in [4.78, 5) is 27.3. The molecule has 4 rings (SSSR count). The molecule has 4 nitrogen and oxygen atoms in total. The number of nitrogens with zero attached hydrogens (tertiary/aromatic N) is 1. The molecule has 0 unspecified atom stereocenters. The van der Waals surface area contributed by atoms with Crippen molar-refractivity contribution in [3.63, 3.8) is 0 Å². The van der Waals surface area contributed by atoms with Crippen molar-refractivity contribution in [2.75, 3.05) is 4.90 Å². The second-order valence-electron chi connectivity index (χ2n) is 10.3. The maximum atomic E-state index is 13.7. The zero-order valence-electron chi connectivity index (χ0n) is 21.4. The first-order chi connectivity index (χ1) is 18.1. The number of alkyl halides is 6. The van der Waals surface area contributed by atoms with Crippen molar-refractivity contribution in [1.29, 1.82) is 0 Å². The SMILES string of the molecule is CC1CCC(C(=O)N(c2c(C(=O)O)sc3c(-c4cc(C(F)(F)F)cc(C(F)(F)F)c4)cccc23)C(C)C)CC1. The molecule has 1 heterocycles. The van der Waals surface area contributed by atoms with E-state index < -0.39 is 35.5 Å². The van der Waals surface area contributed by atoms with Crippen molar-refractivity contribution < 1.29 is 41.0 Å². The molecular weight excluding hydrogens is 544 g/mol. The molecular formula is C28H27F6NO3S. The predicted molar refractivity (Wildman–Crippen MR) is 138 cm³/mol. The Morgan fingerprint density at radius 1 is 0.949 bits per heavy atom. The average Bonchev–Trinajstić information content (AvgIpc) is 3.22. The summed E-state index contributed by atoms with van der Waals surface area (Å²) in [6.07, 6.45) is -7.03. The Hall–Kier alpha value is -3.08. The Balaban J connectivity index is 1.94. The first-order valence-electron chi connectivity index (χ1n) is 12.5. The Morgan fingerprint density at radius 2 is 1.51 bits per heavy atom. The van der Waals surface area contributed by atoms with Crippen LogP contribution in [-0.4, -0.2) is 23.0 Å². The number of carbonyl (C=O) groups is 2. The highest BCUT2D eigenvalue weighted by molar-refractivity contribution is 7.22. The predicted octanol–water partition coefficient (Wildman–Crippen LogP) is 8.87. The van der Waals surface area contributed by atoms with E-state index in [9.17, 15) is 41.0 Å². The quantitative estimate of drug-likeness (QED) is 0.311. The number of carbonyl (C=O) groups excluding carboxylic acids is 1. The molecule has 0 atom stereocenters. The summed E-state index contributed by atoms with van der Waals surface area (Å²) in [6.45, 7) is 5.59. The summed E-state index contributed by atoms with van der Waals surface area (Å²) < 4.78 is 81.4. The zero-order chi connectivity index (χ0) is 28.9. The molecule has 3 aromatic rings. The van der Waals surface area contributed by atoms with Gasteiger partial charge in [-0.25, -0.2) is 4.79 Å². The van der Waals surface area contributed by atoms with Gasteiger partial charge < -0.3 is 10.0 Å². The van der Waals surface area contributed by atoms with Crippen LogP contribution in [0.5, 0.6) is 0 Å². The molecule has 210 valence electrons. The molecule has 1 aliphatic carbocycles. The number of hydrogen-bond acceptors (Lipinski definition) is 3. The van der Waals surface area contributed by atoms with E-state index in [2.05, 4.69) is 6.92 Å². The van der Waals surface area contributed by atoms with E-state index in [1.807, 2.05) is 0 Å². The molecule has 39 heavy (non-hydrogen) atoms. The number of halogens is 6. The average molecular weight is 572 g/mol. The molecule has 0 saturated heterocycles. The van der Waals surface area contributed by atoms with Crippen LogP contribution in [0.15, 0.2) is 36.4 Å². The molecule has 11 heteroatoms. The molecule has 1 saturated carbocycles. The third-order valence-electron chi connectivity index (χ3n) is 7.14. The summed E-state index contributed by atoms with van der Waals surface area (Å²) in [5.74, 6) is -1.40. The summed E-state index contributed by atoms with van der Waals surface area (Å²) in [5, 5.41) is 10.3. The van der Waals surface area contributed by atoms with E-state index >= 15 is 0 Å². The van der Waals surface area contributed by atoms with Crippen LogP contribution < -0.4 is 4.90 Å². The summed E-state index contributed by atoms with van der Waals surface area (Å²) >= 11 is 0.734. The molecule has 1 aliphatic rings. The van der Waals surface area contributed by atoms with Gasteiger partial charge in [0.05, 0.1) is 16.8 Å². The van der Waals surface area contributed by atoms with Crippen LogP contribution in [0.3, 0.4) is 0 Å². The van der Waals surface area contributed by atoms with Gasteiger partial charge in [-0.1, -0.05) is 25.1 Å². The van der Waals surface area contributed by atoms with E-state index in [4.69, 9.17) is 0 Å². The van der Waals surface area contributed by atoms with Gasteiger partial charge in [-0.2, -0.15) is 26.3 Å². The minimum Gasteiger partial charge on any atom is -0.477 e. The van der Waals surface area contributed by atoms with Gasteiger partial charge in [0.2, 0.25) is 5.91 Å². The van der Waals surface area contributed by atoms with E-state index in [1.54, 1.807) is 19.9 Å². The molecule has 0 aliphatic heterocycles. The maximum Gasteiger partial charge on any atom is 0.416 e. The number of carboxylic acid groups (broad SMARTS) is 1. The van der Waals surface area contributed by atoms with E-state index in [0.29, 0.717) is 30.9 Å². The van der Waals surface area contributed by atoms with Crippen molar-refractivity contribution in [3.05, 3.63) is 52.4 Å². The minimum atomic E-state index is -5.03. The van der Waals surface area contributed by atoms with E-state index in [1.165, 1.54) is 17.0 Å². The Labute approximate surface area is 225 Å². The summed E-state index contributed by atoms with van der Waals surface area (Å²) in [6, 6.07) is 5.20. The third-order valence-corrected chi connectivity index (χ3v) is 8.36. The highest BCUT2D eigenvalue weighted by atomic mass is 32.1. The lowest BCUT2D eigenvalue weighted by molar-refractivity contribution is -0.143. The van der Waals surface area contributed by atoms with Gasteiger partial charge in [-0.3, -0.25) is 4.79 Å². The number of hydrogen-bond donors (Lipinski definition) is 1. The lowest BCUT2D eigenvalue weighted by Gasteiger charge is -2.33. The zero-order valence-corrected chi connectivity index (χ0v) is 22.2. The second kappa shape index (κ2) is 10.5. The highest BCUT2D eigenvalue weighted by Crippen LogP contribution is 2.46. The minimum absolute atomic E-state index is 0.0190. The van der Waals surface area contributed by atoms with Crippen LogP contribution in [-0.2, 0) is 17.1 Å². The number of aromatic carboxylic acids is 1. The third kappa shape index (κ3) is 5.78. The van der Waals surface area contributed by atoms with Crippen LogP contribution in [0.2, 0.25) is 0 Å². The molecule has 0 radical (unpaired) electrons. The first kappa shape index (κ1) is 28.9. The van der Waals surface area contributed by atoms with E-state index in [0.717, 1.165) is 24.2 Å². The Kier molecular flexibility index (Phi) is 7.77. The largest absolute Gasteiger partial charge is 0.477 e. The number of fused-ring (bicyclic) bond motifs is 1. The van der Waals surface area contributed by atoms with Crippen LogP contribution in [0.1, 0.15) is 67.3 Å². The van der Waals surface area contributed by atoms with Gasteiger partial charge in [0.1, 0.15) is 4.88 Å². The Morgan fingerprint density at radius 3 is 2.00 bits per heavy atom. The number of thiophene rings is 1.